The molecular formula is C18H21F3N4O. The molecule has 0 spiro atoms. The molecule has 0 aliphatic rings. The van der Waals surface area contributed by atoms with Crippen molar-refractivity contribution < 1.29 is 17.9 Å². The lowest BCUT2D eigenvalue weighted by Crippen LogP contribution is -2.37. The zero-order valence-electron chi connectivity index (χ0n) is 14.6. The van der Waals surface area contributed by atoms with Gasteiger partial charge < -0.3 is 15.4 Å². The highest BCUT2D eigenvalue weighted by molar-refractivity contribution is 5.79. The number of guanidine groups is 1. The van der Waals surface area contributed by atoms with Crippen LogP contribution in [0.5, 0.6) is 5.75 Å². The van der Waals surface area contributed by atoms with Gasteiger partial charge in [0.2, 0.25) is 0 Å². The summed E-state index contributed by atoms with van der Waals surface area (Å²) in [6.45, 7) is 4.92. The summed E-state index contributed by atoms with van der Waals surface area (Å²) in [5.41, 5.74) is 2.09. The molecule has 8 heteroatoms. The van der Waals surface area contributed by atoms with Crippen LogP contribution in [0.2, 0.25) is 0 Å². The van der Waals surface area contributed by atoms with E-state index in [1.807, 2.05) is 32.0 Å². The van der Waals surface area contributed by atoms with E-state index in [1.165, 1.54) is 12.1 Å². The monoisotopic (exact) mass is 366 g/mol. The van der Waals surface area contributed by atoms with Crippen LogP contribution >= 0.6 is 0 Å². The Bertz CT molecular complexity index is 747. The van der Waals surface area contributed by atoms with Crippen molar-refractivity contribution in [1.29, 1.82) is 0 Å². The summed E-state index contributed by atoms with van der Waals surface area (Å²) in [7, 11) is 0. The van der Waals surface area contributed by atoms with Crippen LogP contribution in [0, 0.1) is 6.92 Å². The van der Waals surface area contributed by atoms with Crippen LogP contribution in [0.15, 0.2) is 47.5 Å². The number of alkyl halides is 3. The molecule has 0 fully saturated rings. The third kappa shape index (κ3) is 6.62. The molecule has 5 nitrogen and oxygen atoms in total. The number of nitrogens with zero attached hydrogens (tertiary/aromatic N) is 2. The van der Waals surface area contributed by atoms with E-state index in [9.17, 15) is 13.2 Å². The van der Waals surface area contributed by atoms with Crippen molar-refractivity contribution in [2.24, 2.45) is 4.99 Å². The van der Waals surface area contributed by atoms with E-state index in [0.29, 0.717) is 24.6 Å². The molecule has 0 unspecified atom stereocenters. The fourth-order valence-corrected chi connectivity index (χ4v) is 2.24. The second kappa shape index (κ2) is 9.07. The quantitative estimate of drug-likeness (QED) is 0.606. The molecule has 0 aliphatic carbocycles. The smallest absolute Gasteiger partial charge is 0.405 e. The first-order chi connectivity index (χ1) is 12.4. The summed E-state index contributed by atoms with van der Waals surface area (Å²) in [4.78, 5) is 8.72. The molecule has 1 aromatic heterocycles. The van der Waals surface area contributed by atoms with Crippen LogP contribution in [0.3, 0.4) is 0 Å². The average molecular weight is 366 g/mol. The van der Waals surface area contributed by atoms with E-state index < -0.39 is 6.36 Å². The molecule has 0 amide bonds. The molecule has 2 N–H and O–H groups in total. The second-order valence-electron chi connectivity index (χ2n) is 5.47. The lowest BCUT2D eigenvalue weighted by Gasteiger charge is -2.14. The third-order valence-electron chi connectivity index (χ3n) is 3.33. The first-order valence-electron chi connectivity index (χ1n) is 8.15. The highest BCUT2D eigenvalue weighted by Crippen LogP contribution is 2.26. The van der Waals surface area contributed by atoms with Gasteiger partial charge in [-0.25, -0.2) is 4.99 Å². The Morgan fingerprint density at radius 2 is 1.88 bits per heavy atom. The fourth-order valence-electron chi connectivity index (χ4n) is 2.24. The molecule has 0 aliphatic heterocycles. The third-order valence-corrected chi connectivity index (χ3v) is 3.33. The van der Waals surface area contributed by atoms with Crippen LogP contribution in [0.1, 0.15) is 23.9 Å². The molecule has 0 saturated carbocycles. The van der Waals surface area contributed by atoms with Gasteiger partial charge in [-0.1, -0.05) is 24.3 Å². The highest BCUT2D eigenvalue weighted by Gasteiger charge is 2.31. The van der Waals surface area contributed by atoms with E-state index in [-0.39, 0.29) is 12.3 Å². The molecule has 0 bridgehead atoms. The normalized spacial score (nSPS) is 12.0. The number of hydrogen-bond acceptors (Lipinski definition) is 3. The highest BCUT2D eigenvalue weighted by atomic mass is 19.4. The number of pyridine rings is 1. The zero-order chi connectivity index (χ0) is 19.0. The largest absolute Gasteiger partial charge is 0.573 e. The molecule has 1 heterocycles. The number of nitrogens with one attached hydrogen (secondary N) is 2. The van der Waals surface area contributed by atoms with Gasteiger partial charge in [0, 0.05) is 17.8 Å². The van der Waals surface area contributed by atoms with Crippen LogP contribution in [-0.4, -0.2) is 23.9 Å². The van der Waals surface area contributed by atoms with Crippen molar-refractivity contribution in [1.82, 2.24) is 15.6 Å². The average Bonchev–Trinajstić information content (AvgIpc) is 2.57. The number of benzene rings is 1. The molecule has 0 radical (unpaired) electrons. The van der Waals surface area contributed by atoms with E-state index in [2.05, 4.69) is 25.3 Å². The first kappa shape index (κ1) is 19.6. The Morgan fingerprint density at radius 3 is 2.58 bits per heavy atom. The predicted octanol–water partition coefficient (Wildman–Crippen LogP) is 3.54. The van der Waals surface area contributed by atoms with Crippen LogP contribution in [0.25, 0.3) is 0 Å². The lowest BCUT2D eigenvalue weighted by atomic mass is 10.2. The standard InChI is InChI=1S/C18H21F3N4O/c1-3-22-17(24-12-15-9-6-7-13(2)25-15)23-11-14-8-4-5-10-16(14)26-18(19,20)21/h4-10H,3,11-12H2,1-2H3,(H2,22,23,24). The van der Waals surface area contributed by atoms with Gasteiger partial charge in [-0.2, -0.15) is 0 Å². The Labute approximate surface area is 150 Å². The van der Waals surface area contributed by atoms with Crippen molar-refractivity contribution in [3.8, 4) is 5.75 Å². The number of hydrogen-bond donors (Lipinski definition) is 2. The number of halogens is 3. The van der Waals surface area contributed by atoms with Crippen molar-refractivity contribution in [2.45, 2.75) is 33.3 Å². The van der Waals surface area contributed by atoms with E-state index in [0.717, 1.165) is 11.4 Å². The molecular weight excluding hydrogens is 345 g/mol. The van der Waals surface area contributed by atoms with Crippen LogP contribution < -0.4 is 15.4 Å². The van der Waals surface area contributed by atoms with E-state index in [1.54, 1.807) is 12.1 Å². The van der Waals surface area contributed by atoms with Crippen LogP contribution in [-0.2, 0) is 13.1 Å². The Hall–Kier alpha value is -2.77. The first-order valence-corrected chi connectivity index (χ1v) is 8.15. The summed E-state index contributed by atoms with van der Waals surface area (Å²) in [6, 6.07) is 11.7. The molecule has 0 saturated heterocycles. The molecule has 26 heavy (non-hydrogen) atoms. The van der Waals surface area contributed by atoms with Crippen LogP contribution in [0.4, 0.5) is 13.2 Å². The van der Waals surface area contributed by atoms with E-state index >= 15 is 0 Å². The Kier molecular flexibility index (Phi) is 6.82. The van der Waals surface area contributed by atoms with E-state index in [4.69, 9.17) is 0 Å². The summed E-state index contributed by atoms with van der Waals surface area (Å²) in [5.74, 6) is 0.234. The number of rotatable bonds is 6. The number of para-hydroxylation sites is 1. The van der Waals surface area contributed by atoms with Crippen molar-refractivity contribution in [2.75, 3.05) is 6.54 Å². The minimum Gasteiger partial charge on any atom is -0.405 e. The molecule has 0 atom stereocenters. The Balaban J connectivity index is 2.07. The lowest BCUT2D eigenvalue weighted by molar-refractivity contribution is -0.274. The maximum absolute atomic E-state index is 12.5. The number of ether oxygens (including phenoxy) is 1. The summed E-state index contributed by atoms with van der Waals surface area (Å²) in [5, 5.41) is 6.17. The summed E-state index contributed by atoms with van der Waals surface area (Å²) < 4.78 is 41.5. The van der Waals surface area contributed by atoms with Crippen molar-refractivity contribution >= 4 is 5.96 Å². The van der Waals surface area contributed by atoms with Gasteiger partial charge >= 0.3 is 6.36 Å². The zero-order valence-corrected chi connectivity index (χ0v) is 14.6. The van der Waals surface area contributed by atoms with Crippen molar-refractivity contribution in [3.05, 3.63) is 59.4 Å². The molecule has 2 rings (SSSR count). The maximum Gasteiger partial charge on any atom is 0.573 e. The van der Waals surface area contributed by atoms with Crippen molar-refractivity contribution in [3.63, 3.8) is 0 Å². The minimum absolute atomic E-state index is 0.0445. The summed E-state index contributed by atoms with van der Waals surface area (Å²) in [6.07, 6.45) is -4.74. The molecule has 2 aromatic rings. The fraction of sp³-hybridized carbons (Fsp3) is 0.333. The molecule has 1 aromatic carbocycles. The second-order valence-corrected chi connectivity index (χ2v) is 5.47. The number of aliphatic imine (C=N–C) groups is 1. The van der Waals surface area contributed by atoms with Gasteiger partial charge in [-0.05, 0) is 32.0 Å². The topological polar surface area (TPSA) is 58.5 Å². The maximum atomic E-state index is 12.5. The number of aromatic nitrogens is 1. The number of aryl methyl sites for hydroxylation is 1. The van der Waals surface area contributed by atoms with Gasteiger partial charge in [0.05, 0.1) is 18.8 Å². The van der Waals surface area contributed by atoms with Gasteiger partial charge in [0.25, 0.3) is 0 Å². The Morgan fingerprint density at radius 1 is 1.12 bits per heavy atom. The summed E-state index contributed by atoms with van der Waals surface area (Å²) >= 11 is 0. The predicted molar refractivity (Wildman–Crippen MR) is 93.8 cm³/mol. The van der Waals surface area contributed by atoms with Gasteiger partial charge in [-0.15, -0.1) is 13.2 Å². The molecule has 140 valence electrons. The van der Waals surface area contributed by atoms with Gasteiger partial charge in [-0.3, -0.25) is 4.98 Å². The van der Waals surface area contributed by atoms with Gasteiger partial charge in [0.1, 0.15) is 5.75 Å². The SMILES string of the molecule is CCNC(=NCc1ccccc1OC(F)(F)F)NCc1cccc(C)n1. The van der Waals surface area contributed by atoms with Gasteiger partial charge in [0.15, 0.2) is 5.96 Å². The minimum atomic E-state index is -4.74.